The Balaban J connectivity index is 2.05. The van der Waals surface area contributed by atoms with E-state index in [0.717, 1.165) is 16.5 Å². The van der Waals surface area contributed by atoms with E-state index in [-0.39, 0.29) is 0 Å². The maximum atomic E-state index is 10.5. The van der Waals surface area contributed by atoms with Gasteiger partial charge in [-0.1, -0.05) is 42.5 Å². The van der Waals surface area contributed by atoms with E-state index in [1.807, 2.05) is 60.7 Å². The molecule has 20 heavy (non-hydrogen) atoms. The molecule has 0 saturated carbocycles. The Labute approximate surface area is 117 Å². The molecule has 1 unspecified atom stereocenters. The monoisotopic (exact) mass is 265 g/mol. The van der Waals surface area contributed by atoms with Crippen molar-refractivity contribution in [2.24, 2.45) is 0 Å². The highest BCUT2D eigenvalue weighted by atomic mass is 16.5. The Morgan fingerprint density at radius 2 is 1.70 bits per heavy atom. The van der Waals surface area contributed by atoms with Crippen molar-refractivity contribution in [3.63, 3.8) is 0 Å². The van der Waals surface area contributed by atoms with Gasteiger partial charge in [0.05, 0.1) is 18.3 Å². The summed E-state index contributed by atoms with van der Waals surface area (Å²) >= 11 is 0. The van der Waals surface area contributed by atoms with Crippen molar-refractivity contribution in [2.75, 3.05) is 7.11 Å². The molecule has 0 aliphatic carbocycles. The minimum Gasteiger partial charge on any atom is -0.496 e. The van der Waals surface area contributed by atoms with Crippen LogP contribution < -0.4 is 4.74 Å². The van der Waals surface area contributed by atoms with E-state index >= 15 is 0 Å². The fourth-order valence-electron chi connectivity index (χ4n) is 2.29. The molecule has 0 saturated heterocycles. The van der Waals surface area contributed by atoms with E-state index < -0.39 is 6.10 Å². The first-order valence-electron chi connectivity index (χ1n) is 6.46. The lowest BCUT2D eigenvalue weighted by atomic mass is 10.0. The number of aliphatic hydroxyl groups is 1. The van der Waals surface area contributed by atoms with Crippen LogP contribution in [-0.2, 0) is 0 Å². The van der Waals surface area contributed by atoms with Gasteiger partial charge in [-0.3, -0.25) is 0 Å². The Kier molecular flexibility index (Phi) is 3.35. The molecule has 0 bridgehead atoms. The number of nitrogens with zero attached hydrogens (tertiary/aromatic N) is 1. The molecule has 0 aliphatic heterocycles. The molecule has 1 atom stereocenters. The van der Waals surface area contributed by atoms with Gasteiger partial charge in [-0.25, -0.2) is 4.98 Å². The molecule has 0 fully saturated rings. The molecule has 1 heterocycles. The van der Waals surface area contributed by atoms with Gasteiger partial charge in [0.2, 0.25) is 0 Å². The van der Waals surface area contributed by atoms with Crippen LogP contribution in [0.4, 0.5) is 0 Å². The Bertz CT molecular complexity index is 740. The van der Waals surface area contributed by atoms with Crippen molar-refractivity contribution in [3.05, 3.63) is 71.9 Å². The molecular formula is C17H15NO2. The number of fused-ring (bicyclic) bond motifs is 1. The van der Waals surface area contributed by atoms with Crippen molar-refractivity contribution >= 4 is 10.9 Å². The van der Waals surface area contributed by atoms with Crippen LogP contribution in [0.25, 0.3) is 10.9 Å². The average molecular weight is 265 g/mol. The first-order valence-corrected chi connectivity index (χ1v) is 6.46. The van der Waals surface area contributed by atoms with E-state index in [1.54, 1.807) is 7.11 Å². The minimum absolute atomic E-state index is 0.619. The van der Waals surface area contributed by atoms with Gasteiger partial charge >= 0.3 is 0 Å². The van der Waals surface area contributed by atoms with Crippen LogP contribution in [0.15, 0.2) is 60.7 Å². The third-order valence-electron chi connectivity index (χ3n) is 3.33. The first-order chi connectivity index (χ1) is 9.79. The molecule has 0 spiro atoms. The number of aliphatic hydroxyl groups excluding tert-OH is 1. The lowest BCUT2D eigenvalue weighted by Crippen LogP contribution is -2.04. The molecule has 3 aromatic rings. The number of aromatic nitrogens is 1. The Hall–Kier alpha value is -2.39. The topological polar surface area (TPSA) is 42.4 Å². The fraction of sp³-hybridized carbons (Fsp3) is 0.118. The van der Waals surface area contributed by atoms with Crippen molar-refractivity contribution in [2.45, 2.75) is 6.10 Å². The van der Waals surface area contributed by atoms with Crippen LogP contribution in [0.3, 0.4) is 0 Å². The number of methoxy groups -OCH3 is 1. The lowest BCUT2D eigenvalue weighted by molar-refractivity contribution is 0.210. The van der Waals surface area contributed by atoms with E-state index in [1.165, 1.54) is 0 Å². The summed E-state index contributed by atoms with van der Waals surface area (Å²) in [5.74, 6) is 0.662. The maximum Gasteiger partial charge on any atom is 0.125 e. The Morgan fingerprint density at radius 3 is 2.55 bits per heavy atom. The van der Waals surface area contributed by atoms with Crippen LogP contribution in [-0.4, -0.2) is 17.2 Å². The van der Waals surface area contributed by atoms with Gasteiger partial charge in [0.15, 0.2) is 0 Å². The first kappa shape index (κ1) is 12.6. The highest BCUT2D eigenvalue weighted by Gasteiger charge is 2.16. The molecule has 0 amide bonds. The highest BCUT2D eigenvalue weighted by molar-refractivity contribution is 5.78. The number of para-hydroxylation sites is 2. The zero-order valence-corrected chi connectivity index (χ0v) is 11.2. The van der Waals surface area contributed by atoms with Gasteiger partial charge in [-0.2, -0.15) is 0 Å². The quantitative estimate of drug-likeness (QED) is 0.790. The van der Waals surface area contributed by atoms with Gasteiger partial charge < -0.3 is 9.84 Å². The second-order valence-electron chi connectivity index (χ2n) is 4.57. The molecule has 1 aromatic heterocycles. The van der Waals surface area contributed by atoms with Gasteiger partial charge in [0.1, 0.15) is 11.9 Å². The van der Waals surface area contributed by atoms with Gasteiger partial charge in [-0.15, -0.1) is 0 Å². The zero-order valence-electron chi connectivity index (χ0n) is 11.2. The molecule has 3 rings (SSSR count). The molecule has 3 nitrogen and oxygen atoms in total. The van der Waals surface area contributed by atoms with Gasteiger partial charge in [0.25, 0.3) is 0 Å². The molecule has 1 N–H and O–H groups in total. The predicted molar refractivity (Wildman–Crippen MR) is 78.8 cm³/mol. The number of hydrogen-bond acceptors (Lipinski definition) is 3. The summed E-state index contributed by atoms with van der Waals surface area (Å²) in [4.78, 5) is 4.52. The standard InChI is InChI=1S/C17H15NO2/c1-20-16-9-5-3-7-13(16)17(19)15-11-10-12-6-2-4-8-14(12)18-15/h2-11,17,19H,1H3. The molecule has 3 heteroatoms. The summed E-state index contributed by atoms with van der Waals surface area (Å²) < 4.78 is 5.29. The molecule has 0 aliphatic rings. The van der Waals surface area contributed by atoms with Crippen molar-refractivity contribution in [1.29, 1.82) is 0 Å². The summed E-state index contributed by atoms with van der Waals surface area (Å²) in [5.41, 5.74) is 2.21. The predicted octanol–water partition coefficient (Wildman–Crippen LogP) is 3.33. The second-order valence-corrected chi connectivity index (χ2v) is 4.57. The third-order valence-corrected chi connectivity index (χ3v) is 3.33. The number of ether oxygens (including phenoxy) is 1. The van der Waals surface area contributed by atoms with Crippen molar-refractivity contribution < 1.29 is 9.84 Å². The summed E-state index contributed by atoms with van der Waals surface area (Å²) in [6, 6.07) is 19.1. The average Bonchev–Trinajstić information content (AvgIpc) is 2.53. The van der Waals surface area contributed by atoms with Crippen LogP contribution in [0.2, 0.25) is 0 Å². The SMILES string of the molecule is COc1ccccc1C(O)c1ccc2ccccc2n1. The highest BCUT2D eigenvalue weighted by Crippen LogP contribution is 2.29. The van der Waals surface area contributed by atoms with E-state index in [0.29, 0.717) is 11.4 Å². The third kappa shape index (κ3) is 2.24. The van der Waals surface area contributed by atoms with Gasteiger partial charge in [0, 0.05) is 10.9 Å². The summed E-state index contributed by atoms with van der Waals surface area (Å²) in [5, 5.41) is 11.6. The number of benzene rings is 2. The number of pyridine rings is 1. The smallest absolute Gasteiger partial charge is 0.125 e. The van der Waals surface area contributed by atoms with E-state index in [9.17, 15) is 5.11 Å². The van der Waals surface area contributed by atoms with Gasteiger partial charge in [-0.05, 0) is 18.2 Å². The minimum atomic E-state index is -0.796. The van der Waals surface area contributed by atoms with Crippen LogP contribution >= 0.6 is 0 Å². The van der Waals surface area contributed by atoms with E-state index in [2.05, 4.69) is 4.98 Å². The van der Waals surface area contributed by atoms with Crippen LogP contribution in [0, 0.1) is 0 Å². The summed E-state index contributed by atoms with van der Waals surface area (Å²) in [6.07, 6.45) is -0.796. The molecule has 2 aromatic carbocycles. The second kappa shape index (κ2) is 5.31. The van der Waals surface area contributed by atoms with Crippen LogP contribution in [0.5, 0.6) is 5.75 Å². The summed E-state index contributed by atoms with van der Waals surface area (Å²) in [7, 11) is 1.60. The number of hydrogen-bond donors (Lipinski definition) is 1. The fourth-order valence-corrected chi connectivity index (χ4v) is 2.29. The maximum absolute atomic E-state index is 10.5. The van der Waals surface area contributed by atoms with Crippen molar-refractivity contribution in [3.8, 4) is 5.75 Å². The van der Waals surface area contributed by atoms with Crippen LogP contribution in [0.1, 0.15) is 17.4 Å². The molecule has 0 radical (unpaired) electrons. The van der Waals surface area contributed by atoms with Crippen molar-refractivity contribution in [1.82, 2.24) is 4.98 Å². The largest absolute Gasteiger partial charge is 0.496 e. The summed E-state index contributed by atoms with van der Waals surface area (Å²) in [6.45, 7) is 0. The normalized spacial score (nSPS) is 12.3. The van der Waals surface area contributed by atoms with E-state index in [4.69, 9.17) is 4.74 Å². The Morgan fingerprint density at radius 1 is 0.950 bits per heavy atom. The number of rotatable bonds is 3. The lowest BCUT2D eigenvalue weighted by Gasteiger charge is -2.14. The molecular weight excluding hydrogens is 250 g/mol. The molecule has 100 valence electrons. The zero-order chi connectivity index (χ0) is 13.9.